The molecule has 0 unspecified atom stereocenters. The van der Waals surface area contributed by atoms with Crippen molar-refractivity contribution in [3.05, 3.63) is 34.4 Å². The molecule has 0 aliphatic rings. The molecule has 0 amide bonds. The van der Waals surface area contributed by atoms with Crippen LogP contribution in [0.25, 0.3) is 27.1 Å². The summed E-state index contributed by atoms with van der Waals surface area (Å²) in [5.41, 5.74) is 1.12. The third-order valence-corrected chi connectivity index (χ3v) is 4.49. The third-order valence-electron chi connectivity index (χ3n) is 2.74. The highest BCUT2D eigenvalue weighted by Gasteiger charge is 2.17. The van der Waals surface area contributed by atoms with Crippen molar-refractivity contribution in [3.8, 4) is 22.1 Å². The minimum Gasteiger partial charge on any atom is -0.207 e. The number of fused-ring (bicyclic) bond motifs is 1. The minimum absolute atomic E-state index is 0.385. The fourth-order valence-electron chi connectivity index (χ4n) is 1.82. The highest BCUT2D eigenvalue weighted by atomic mass is 35.5. The van der Waals surface area contributed by atoms with Crippen LogP contribution in [0.4, 0.5) is 4.39 Å². The van der Waals surface area contributed by atoms with Crippen LogP contribution in [0.5, 0.6) is 0 Å². The first-order valence-electron chi connectivity index (χ1n) is 5.67. The summed E-state index contributed by atoms with van der Waals surface area (Å²) in [5, 5.41) is 19.3. The third kappa shape index (κ3) is 2.09. The molecule has 4 aromatic rings. The summed E-state index contributed by atoms with van der Waals surface area (Å²) in [4.78, 5) is 0.577. The molecular formula is C11H4ClFN6S2. The van der Waals surface area contributed by atoms with Crippen molar-refractivity contribution in [2.24, 2.45) is 0 Å². The van der Waals surface area contributed by atoms with E-state index in [-0.39, 0.29) is 0 Å². The lowest BCUT2D eigenvalue weighted by molar-refractivity contribution is 0.628. The van der Waals surface area contributed by atoms with Gasteiger partial charge in [0.05, 0.1) is 5.02 Å². The Morgan fingerprint density at radius 2 is 2.10 bits per heavy atom. The van der Waals surface area contributed by atoms with E-state index < -0.39 is 5.82 Å². The molecule has 104 valence electrons. The van der Waals surface area contributed by atoms with Crippen LogP contribution in [-0.2, 0) is 0 Å². The maximum Gasteiger partial charge on any atom is 0.235 e. The Labute approximate surface area is 130 Å². The van der Waals surface area contributed by atoms with E-state index in [1.807, 2.05) is 0 Å². The summed E-state index contributed by atoms with van der Waals surface area (Å²) in [5.74, 6) is -0.00880. The Balaban J connectivity index is 1.92. The maximum atomic E-state index is 13.4. The van der Waals surface area contributed by atoms with E-state index >= 15 is 0 Å². The van der Waals surface area contributed by atoms with E-state index in [0.717, 1.165) is 0 Å². The molecule has 1 aromatic carbocycles. The van der Waals surface area contributed by atoms with Crippen molar-refractivity contribution < 1.29 is 4.39 Å². The Hall–Kier alpha value is -1.97. The quantitative estimate of drug-likeness (QED) is 0.561. The zero-order chi connectivity index (χ0) is 14.4. The number of aromatic nitrogens is 6. The smallest absolute Gasteiger partial charge is 0.207 e. The van der Waals surface area contributed by atoms with E-state index in [0.29, 0.717) is 32.1 Å². The van der Waals surface area contributed by atoms with Gasteiger partial charge in [0.25, 0.3) is 0 Å². The molecule has 6 nitrogen and oxygen atoms in total. The van der Waals surface area contributed by atoms with Crippen molar-refractivity contribution in [2.75, 3.05) is 0 Å². The standard InChI is InChI=1S/C11H4ClFN6S2/c12-7-2-1-5(13)3-6(7)9-15-16-11-19(9)17-10(21-11)8-4-20-18-14-8/h1-4H. The van der Waals surface area contributed by atoms with E-state index in [9.17, 15) is 4.39 Å². The monoisotopic (exact) mass is 338 g/mol. The lowest BCUT2D eigenvalue weighted by atomic mass is 10.2. The minimum atomic E-state index is -0.398. The van der Waals surface area contributed by atoms with E-state index in [1.165, 1.54) is 45.6 Å². The van der Waals surface area contributed by atoms with E-state index in [4.69, 9.17) is 11.6 Å². The fraction of sp³-hybridized carbons (Fsp3) is 0. The van der Waals surface area contributed by atoms with Crippen molar-refractivity contribution in [1.29, 1.82) is 0 Å². The van der Waals surface area contributed by atoms with Crippen LogP contribution in [0.3, 0.4) is 0 Å². The Morgan fingerprint density at radius 1 is 1.19 bits per heavy atom. The van der Waals surface area contributed by atoms with Gasteiger partial charge in [-0.05, 0) is 29.7 Å². The fourth-order valence-corrected chi connectivity index (χ4v) is 3.33. The first-order chi connectivity index (χ1) is 10.2. The summed E-state index contributed by atoms with van der Waals surface area (Å²) >= 11 is 8.67. The molecule has 3 aromatic heterocycles. The van der Waals surface area contributed by atoms with Crippen LogP contribution in [0, 0.1) is 5.82 Å². The number of nitrogens with zero attached hydrogens (tertiary/aromatic N) is 6. The summed E-state index contributed by atoms with van der Waals surface area (Å²) in [6, 6.07) is 4.07. The van der Waals surface area contributed by atoms with Crippen LogP contribution in [0.15, 0.2) is 23.6 Å². The Bertz CT molecular complexity index is 932. The largest absolute Gasteiger partial charge is 0.235 e. The molecule has 0 saturated heterocycles. The van der Waals surface area contributed by atoms with Gasteiger partial charge in [-0.1, -0.05) is 27.4 Å². The summed E-state index contributed by atoms with van der Waals surface area (Å²) < 4.78 is 18.7. The molecule has 0 saturated carbocycles. The van der Waals surface area contributed by atoms with Crippen molar-refractivity contribution in [2.45, 2.75) is 0 Å². The zero-order valence-corrected chi connectivity index (χ0v) is 12.5. The number of hydrogen-bond acceptors (Lipinski definition) is 7. The molecule has 0 radical (unpaired) electrons. The van der Waals surface area contributed by atoms with Gasteiger partial charge in [0.1, 0.15) is 11.5 Å². The lowest BCUT2D eigenvalue weighted by Gasteiger charge is -2.00. The van der Waals surface area contributed by atoms with Gasteiger partial charge in [0, 0.05) is 10.9 Å². The zero-order valence-electron chi connectivity index (χ0n) is 10.1. The molecule has 4 rings (SSSR count). The normalized spacial score (nSPS) is 11.3. The van der Waals surface area contributed by atoms with E-state index in [2.05, 4.69) is 24.9 Å². The number of benzene rings is 1. The predicted molar refractivity (Wildman–Crippen MR) is 78.0 cm³/mol. The predicted octanol–water partition coefficient (Wildman–Crippen LogP) is 3.16. The van der Waals surface area contributed by atoms with Crippen LogP contribution in [0.1, 0.15) is 0 Å². The molecule has 0 aliphatic heterocycles. The molecule has 0 fully saturated rings. The molecule has 0 spiro atoms. The van der Waals surface area contributed by atoms with E-state index in [1.54, 1.807) is 5.38 Å². The van der Waals surface area contributed by atoms with Gasteiger partial charge in [-0.25, -0.2) is 4.39 Å². The second kappa shape index (κ2) is 4.79. The van der Waals surface area contributed by atoms with Crippen LogP contribution >= 0.6 is 34.5 Å². The van der Waals surface area contributed by atoms with Gasteiger partial charge in [-0.2, -0.15) is 9.61 Å². The number of halogens is 2. The van der Waals surface area contributed by atoms with Gasteiger partial charge in [0.2, 0.25) is 4.96 Å². The van der Waals surface area contributed by atoms with Crippen LogP contribution < -0.4 is 0 Å². The first-order valence-corrected chi connectivity index (χ1v) is 7.70. The van der Waals surface area contributed by atoms with Crippen molar-refractivity contribution in [3.63, 3.8) is 0 Å². The molecule has 3 heterocycles. The second-order valence-corrected chi connectivity index (χ2v) is 6.01. The molecule has 0 N–H and O–H groups in total. The SMILES string of the molecule is Fc1ccc(Cl)c(-c2nnc3sc(-c4csnn4)nn23)c1. The Morgan fingerprint density at radius 3 is 2.90 bits per heavy atom. The summed E-state index contributed by atoms with van der Waals surface area (Å²) in [7, 11) is 0. The summed E-state index contributed by atoms with van der Waals surface area (Å²) in [6.07, 6.45) is 0. The van der Waals surface area contributed by atoms with Gasteiger partial charge >= 0.3 is 0 Å². The first kappa shape index (κ1) is 12.7. The highest BCUT2D eigenvalue weighted by molar-refractivity contribution is 7.20. The van der Waals surface area contributed by atoms with Gasteiger partial charge in [-0.15, -0.1) is 15.3 Å². The van der Waals surface area contributed by atoms with Crippen LogP contribution in [0.2, 0.25) is 5.02 Å². The summed E-state index contributed by atoms with van der Waals surface area (Å²) in [6.45, 7) is 0. The molecular weight excluding hydrogens is 335 g/mol. The highest BCUT2D eigenvalue weighted by Crippen LogP contribution is 2.30. The Kier molecular flexibility index (Phi) is 2.91. The molecule has 0 atom stereocenters. The van der Waals surface area contributed by atoms with Crippen molar-refractivity contribution >= 4 is 39.4 Å². The molecule has 0 bridgehead atoms. The molecule has 0 aliphatic carbocycles. The maximum absolute atomic E-state index is 13.4. The molecule has 10 heteroatoms. The average molecular weight is 339 g/mol. The second-order valence-electron chi connectivity index (χ2n) is 4.04. The van der Waals surface area contributed by atoms with Gasteiger partial charge in [0.15, 0.2) is 10.8 Å². The van der Waals surface area contributed by atoms with Crippen molar-refractivity contribution in [1.82, 2.24) is 29.4 Å². The number of hydrogen-bond donors (Lipinski definition) is 0. The molecule has 21 heavy (non-hydrogen) atoms. The average Bonchev–Trinajstić information content (AvgIpc) is 3.15. The van der Waals surface area contributed by atoms with Gasteiger partial charge in [-0.3, -0.25) is 0 Å². The van der Waals surface area contributed by atoms with Crippen LogP contribution in [-0.4, -0.2) is 29.4 Å². The topological polar surface area (TPSA) is 68.9 Å². The number of rotatable bonds is 2. The van der Waals surface area contributed by atoms with Gasteiger partial charge < -0.3 is 0 Å². The lowest BCUT2D eigenvalue weighted by Crippen LogP contribution is -1.92.